The molecule has 2 aromatic rings. The van der Waals surface area contributed by atoms with E-state index in [-0.39, 0.29) is 12.7 Å². The highest BCUT2D eigenvalue weighted by atomic mass is 16.5. The van der Waals surface area contributed by atoms with Crippen molar-refractivity contribution >= 4 is 0 Å². The van der Waals surface area contributed by atoms with E-state index in [1.807, 2.05) is 56.3 Å². The standard InChI is InChI=1S/C19H25NO3/c1-14(2)23-19-10-18(22-3)9-8-16(19)12-20-11-15-6-4-5-7-17(15)13-21/h4-10,14,20-21H,11-13H2,1-3H3. The van der Waals surface area contributed by atoms with Crippen molar-refractivity contribution in [2.45, 2.75) is 39.6 Å². The quantitative estimate of drug-likeness (QED) is 0.785. The molecule has 0 heterocycles. The van der Waals surface area contributed by atoms with E-state index in [1.165, 1.54) is 0 Å². The van der Waals surface area contributed by atoms with E-state index in [2.05, 4.69) is 5.32 Å². The molecule has 0 unspecified atom stereocenters. The molecule has 0 radical (unpaired) electrons. The van der Waals surface area contributed by atoms with E-state index in [4.69, 9.17) is 9.47 Å². The molecule has 23 heavy (non-hydrogen) atoms. The van der Waals surface area contributed by atoms with Gasteiger partial charge in [-0.1, -0.05) is 30.3 Å². The molecule has 2 N–H and O–H groups in total. The Morgan fingerprint density at radius 2 is 1.70 bits per heavy atom. The molecule has 0 saturated heterocycles. The summed E-state index contributed by atoms with van der Waals surface area (Å²) >= 11 is 0. The molecule has 0 aliphatic carbocycles. The van der Waals surface area contributed by atoms with Crippen molar-refractivity contribution in [3.05, 3.63) is 59.2 Å². The molecular weight excluding hydrogens is 290 g/mol. The third kappa shape index (κ3) is 4.98. The number of ether oxygens (including phenoxy) is 2. The number of nitrogens with one attached hydrogen (secondary N) is 1. The van der Waals surface area contributed by atoms with Gasteiger partial charge < -0.3 is 19.9 Å². The second kappa shape index (κ2) is 8.56. The number of rotatable bonds is 8. The molecule has 124 valence electrons. The van der Waals surface area contributed by atoms with Crippen molar-refractivity contribution in [2.24, 2.45) is 0 Å². The van der Waals surface area contributed by atoms with E-state index in [0.29, 0.717) is 13.1 Å². The molecule has 4 nitrogen and oxygen atoms in total. The molecular formula is C19H25NO3. The van der Waals surface area contributed by atoms with Crippen LogP contribution in [0.2, 0.25) is 0 Å². The minimum Gasteiger partial charge on any atom is -0.497 e. The van der Waals surface area contributed by atoms with Gasteiger partial charge in [-0.15, -0.1) is 0 Å². The summed E-state index contributed by atoms with van der Waals surface area (Å²) in [6.07, 6.45) is 0.107. The predicted molar refractivity (Wildman–Crippen MR) is 91.7 cm³/mol. The zero-order valence-corrected chi connectivity index (χ0v) is 14.0. The molecule has 0 aliphatic heterocycles. The average molecular weight is 315 g/mol. The molecule has 0 aromatic heterocycles. The van der Waals surface area contributed by atoms with E-state index >= 15 is 0 Å². The van der Waals surface area contributed by atoms with Crippen LogP contribution in [0.5, 0.6) is 11.5 Å². The summed E-state index contributed by atoms with van der Waals surface area (Å²) in [7, 11) is 1.65. The van der Waals surface area contributed by atoms with Gasteiger partial charge in [0.2, 0.25) is 0 Å². The van der Waals surface area contributed by atoms with Crippen LogP contribution < -0.4 is 14.8 Å². The fraction of sp³-hybridized carbons (Fsp3) is 0.368. The second-order valence-electron chi connectivity index (χ2n) is 5.67. The van der Waals surface area contributed by atoms with E-state index in [9.17, 15) is 5.11 Å². The highest BCUT2D eigenvalue weighted by Crippen LogP contribution is 2.26. The summed E-state index contributed by atoms with van der Waals surface area (Å²) in [6, 6.07) is 13.8. The monoisotopic (exact) mass is 315 g/mol. The van der Waals surface area contributed by atoms with Crippen molar-refractivity contribution in [3.8, 4) is 11.5 Å². The van der Waals surface area contributed by atoms with E-state index < -0.39 is 0 Å². The molecule has 0 fully saturated rings. The van der Waals surface area contributed by atoms with Gasteiger partial charge in [0.15, 0.2) is 0 Å². The Bertz CT molecular complexity index is 626. The highest BCUT2D eigenvalue weighted by Gasteiger charge is 2.08. The largest absolute Gasteiger partial charge is 0.497 e. The van der Waals surface area contributed by atoms with Crippen LogP contribution in [0.1, 0.15) is 30.5 Å². The van der Waals surface area contributed by atoms with Gasteiger partial charge in [-0.3, -0.25) is 0 Å². The summed E-state index contributed by atoms with van der Waals surface area (Å²) < 4.78 is 11.1. The van der Waals surface area contributed by atoms with Crippen LogP contribution in [0.25, 0.3) is 0 Å². The molecule has 4 heteroatoms. The molecule has 0 saturated carbocycles. The van der Waals surface area contributed by atoms with Crippen LogP contribution in [0, 0.1) is 0 Å². The number of hydrogen-bond acceptors (Lipinski definition) is 4. The summed E-state index contributed by atoms with van der Waals surface area (Å²) in [5.41, 5.74) is 3.14. The molecule has 0 atom stereocenters. The molecule has 0 amide bonds. The highest BCUT2D eigenvalue weighted by molar-refractivity contribution is 5.41. The van der Waals surface area contributed by atoms with Gasteiger partial charge in [-0.05, 0) is 31.0 Å². The lowest BCUT2D eigenvalue weighted by atomic mass is 10.1. The van der Waals surface area contributed by atoms with E-state index in [0.717, 1.165) is 28.2 Å². The maximum atomic E-state index is 9.37. The maximum absolute atomic E-state index is 9.37. The smallest absolute Gasteiger partial charge is 0.127 e. The minimum atomic E-state index is 0.0576. The first kappa shape index (κ1) is 17.3. The molecule has 0 bridgehead atoms. The zero-order valence-electron chi connectivity index (χ0n) is 14.0. The van der Waals surface area contributed by atoms with E-state index in [1.54, 1.807) is 7.11 Å². The fourth-order valence-electron chi connectivity index (χ4n) is 2.39. The summed E-state index contributed by atoms with van der Waals surface area (Å²) in [4.78, 5) is 0. The fourth-order valence-corrected chi connectivity index (χ4v) is 2.39. The van der Waals surface area contributed by atoms with Gasteiger partial charge in [0.1, 0.15) is 11.5 Å². The summed E-state index contributed by atoms with van der Waals surface area (Å²) in [6.45, 7) is 5.46. The van der Waals surface area contributed by atoms with Crippen LogP contribution in [0.3, 0.4) is 0 Å². The predicted octanol–water partition coefficient (Wildman–Crippen LogP) is 3.26. The first-order chi connectivity index (χ1) is 11.1. The third-order valence-electron chi connectivity index (χ3n) is 3.56. The average Bonchev–Trinajstić information content (AvgIpc) is 2.56. The minimum absolute atomic E-state index is 0.0576. The van der Waals surface area contributed by atoms with Crippen molar-refractivity contribution in [2.75, 3.05) is 7.11 Å². The molecule has 0 spiro atoms. The van der Waals surface area contributed by atoms with Crippen LogP contribution in [0.15, 0.2) is 42.5 Å². The van der Waals surface area contributed by atoms with Crippen LogP contribution in [0.4, 0.5) is 0 Å². The van der Waals surface area contributed by atoms with Crippen LogP contribution >= 0.6 is 0 Å². The normalized spacial score (nSPS) is 10.8. The Balaban J connectivity index is 2.04. The van der Waals surface area contributed by atoms with Crippen molar-refractivity contribution in [1.82, 2.24) is 5.32 Å². The number of methoxy groups -OCH3 is 1. The second-order valence-corrected chi connectivity index (χ2v) is 5.67. The Morgan fingerprint density at radius 3 is 2.35 bits per heavy atom. The Hall–Kier alpha value is -2.04. The van der Waals surface area contributed by atoms with Gasteiger partial charge in [0.05, 0.1) is 19.8 Å². The van der Waals surface area contributed by atoms with Gasteiger partial charge in [0.25, 0.3) is 0 Å². The van der Waals surface area contributed by atoms with Gasteiger partial charge in [0, 0.05) is 24.7 Å². The lowest BCUT2D eigenvalue weighted by molar-refractivity contribution is 0.238. The van der Waals surface area contributed by atoms with Gasteiger partial charge in [-0.25, -0.2) is 0 Å². The topological polar surface area (TPSA) is 50.7 Å². The maximum Gasteiger partial charge on any atom is 0.127 e. The number of aliphatic hydroxyl groups is 1. The van der Waals surface area contributed by atoms with Crippen LogP contribution in [-0.2, 0) is 19.7 Å². The van der Waals surface area contributed by atoms with Crippen LogP contribution in [-0.4, -0.2) is 18.3 Å². The zero-order chi connectivity index (χ0) is 16.7. The number of hydrogen-bond donors (Lipinski definition) is 2. The lowest BCUT2D eigenvalue weighted by Crippen LogP contribution is -2.16. The summed E-state index contributed by atoms with van der Waals surface area (Å²) in [5.74, 6) is 1.62. The summed E-state index contributed by atoms with van der Waals surface area (Å²) in [5, 5.41) is 12.8. The van der Waals surface area contributed by atoms with Crippen molar-refractivity contribution in [1.29, 1.82) is 0 Å². The van der Waals surface area contributed by atoms with Crippen molar-refractivity contribution < 1.29 is 14.6 Å². The molecule has 2 rings (SSSR count). The number of benzene rings is 2. The van der Waals surface area contributed by atoms with Gasteiger partial charge in [-0.2, -0.15) is 0 Å². The van der Waals surface area contributed by atoms with Crippen molar-refractivity contribution in [3.63, 3.8) is 0 Å². The molecule has 2 aromatic carbocycles. The van der Waals surface area contributed by atoms with Gasteiger partial charge >= 0.3 is 0 Å². The Labute approximate surface area is 138 Å². The first-order valence-corrected chi connectivity index (χ1v) is 7.86. The third-order valence-corrected chi connectivity index (χ3v) is 3.56. The molecule has 0 aliphatic rings. The lowest BCUT2D eigenvalue weighted by Gasteiger charge is -2.16. The number of aliphatic hydroxyl groups excluding tert-OH is 1. The SMILES string of the molecule is COc1ccc(CNCc2ccccc2CO)c(OC(C)C)c1. The first-order valence-electron chi connectivity index (χ1n) is 7.86. The Kier molecular flexibility index (Phi) is 6.44. The Morgan fingerprint density at radius 1 is 1.00 bits per heavy atom.